The van der Waals surface area contributed by atoms with Crippen LogP contribution in [0.25, 0.3) is 0 Å². The molecule has 0 aliphatic heterocycles. The first kappa shape index (κ1) is 13.8. The highest BCUT2D eigenvalue weighted by atomic mass is 35.5. The monoisotopic (exact) mass is 298 g/mol. The molecule has 3 rings (SSSR count). The van der Waals surface area contributed by atoms with Gasteiger partial charge in [-0.15, -0.1) is 0 Å². The van der Waals surface area contributed by atoms with Crippen LogP contribution in [-0.4, -0.2) is 5.11 Å². The molecule has 4 heteroatoms. The van der Waals surface area contributed by atoms with Gasteiger partial charge in [0, 0.05) is 5.69 Å². The Morgan fingerprint density at radius 3 is 2.86 bits per heavy atom. The maximum Gasteiger partial charge on any atom is 0.115 e. The van der Waals surface area contributed by atoms with Gasteiger partial charge < -0.3 is 10.4 Å². The summed E-state index contributed by atoms with van der Waals surface area (Å²) in [7, 11) is 0. The van der Waals surface area contributed by atoms with E-state index in [4.69, 9.17) is 16.9 Å². The van der Waals surface area contributed by atoms with Gasteiger partial charge in [0.05, 0.1) is 16.6 Å². The van der Waals surface area contributed by atoms with Crippen molar-refractivity contribution in [2.45, 2.75) is 25.3 Å². The molecule has 21 heavy (non-hydrogen) atoms. The largest absolute Gasteiger partial charge is 0.508 e. The summed E-state index contributed by atoms with van der Waals surface area (Å²) >= 11 is 6.07. The first-order chi connectivity index (χ1) is 10.2. The summed E-state index contributed by atoms with van der Waals surface area (Å²) in [6.45, 7) is 0. The molecule has 2 aromatic rings. The van der Waals surface area contributed by atoms with Crippen molar-refractivity contribution >= 4 is 17.3 Å². The fourth-order valence-electron chi connectivity index (χ4n) is 2.83. The summed E-state index contributed by atoms with van der Waals surface area (Å²) < 4.78 is 0. The molecule has 0 heterocycles. The summed E-state index contributed by atoms with van der Waals surface area (Å²) in [5, 5.41) is 22.5. The van der Waals surface area contributed by atoms with Crippen LogP contribution in [0, 0.1) is 11.3 Å². The predicted octanol–water partition coefficient (Wildman–Crippen LogP) is 4.41. The average Bonchev–Trinajstić information content (AvgIpc) is 2.48. The summed E-state index contributed by atoms with van der Waals surface area (Å²) in [6, 6.07) is 13.1. The van der Waals surface area contributed by atoms with Crippen molar-refractivity contribution in [2.24, 2.45) is 0 Å². The first-order valence-corrected chi connectivity index (χ1v) is 7.33. The van der Waals surface area contributed by atoms with E-state index >= 15 is 0 Å². The van der Waals surface area contributed by atoms with E-state index in [1.165, 1.54) is 5.56 Å². The number of rotatable bonds is 2. The van der Waals surface area contributed by atoms with Crippen molar-refractivity contribution in [1.82, 2.24) is 0 Å². The molecule has 1 aliphatic rings. The fourth-order valence-corrected chi connectivity index (χ4v) is 3.06. The summed E-state index contributed by atoms with van der Waals surface area (Å²) in [6.07, 6.45) is 3.16. The lowest BCUT2D eigenvalue weighted by Gasteiger charge is -2.27. The van der Waals surface area contributed by atoms with Crippen molar-refractivity contribution in [3.05, 3.63) is 58.1 Å². The maximum atomic E-state index is 9.70. The molecule has 0 bridgehead atoms. The van der Waals surface area contributed by atoms with Crippen LogP contribution in [0.3, 0.4) is 0 Å². The van der Waals surface area contributed by atoms with Gasteiger partial charge in [0.25, 0.3) is 0 Å². The normalized spacial score (nSPS) is 16.9. The predicted molar refractivity (Wildman–Crippen MR) is 83.6 cm³/mol. The lowest BCUT2D eigenvalue weighted by atomic mass is 9.87. The molecule has 0 amide bonds. The third kappa shape index (κ3) is 2.81. The number of nitrogens with one attached hydrogen (secondary N) is 1. The van der Waals surface area contributed by atoms with Gasteiger partial charge in [0.15, 0.2) is 0 Å². The Morgan fingerprint density at radius 1 is 1.24 bits per heavy atom. The Hall–Kier alpha value is -2.18. The lowest BCUT2D eigenvalue weighted by molar-refractivity contribution is 0.471. The van der Waals surface area contributed by atoms with Crippen molar-refractivity contribution in [3.63, 3.8) is 0 Å². The number of nitrogens with zero attached hydrogens (tertiary/aromatic N) is 1. The number of phenols is 1. The van der Waals surface area contributed by atoms with Gasteiger partial charge in [0.2, 0.25) is 0 Å². The second-order valence-electron chi connectivity index (χ2n) is 5.28. The van der Waals surface area contributed by atoms with Crippen molar-refractivity contribution in [3.8, 4) is 11.8 Å². The van der Waals surface area contributed by atoms with Crippen LogP contribution in [0.15, 0.2) is 36.4 Å². The van der Waals surface area contributed by atoms with E-state index in [-0.39, 0.29) is 6.04 Å². The van der Waals surface area contributed by atoms with Gasteiger partial charge in [0.1, 0.15) is 11.8 Å². The van der Waals surface area contributed by atoms with Crippen LogP contribution in [-0.2, 0) is 6.42 Å². The number of anilines is 1. The van der Waals surface area contributed by atoms with Crippen molar-refractivity contribution < 1.29 is 5.11 Å². The smallest absolute Gasteiger partial charge is 0.115 e. The fraction of sp³-hybridized carbons (Fsp3) is 0.235. The van der Waals surface area contributed by atoms with E-state index in [0.29, 0.717) is 16.3 Å². The number of benzene rings is 2. The van der Waals surface area contributed by atoms with E-state index in [9.17, 15) is 5.11 Å². The van der Waals surface area contributed by atoms with Crippen LogP contribution >= 0.6 is 11.6 Å². The highest BCUT2D eigenvalue weighted by molar-refractivity contribution is 6.32. The number of nitriles is 1. The van der Waals surface area contributed by atoms with Crippen LogP contribution in [0.4, 0.5) is 5.69 Å². The van der Waals surface area contributed by atoms with Crippen LogP contribution in [0.2, 0.25) is 5.02 Å². The number of aryl methyl sites for hydroxylation is 1. The molecule has 0 radical (unpaired) electrons. The molecule has 0 spiro atoms. The Labute approximate surface area is 128 Å². The van der Waals surface area contributed by atoms with Crippen molar-refractivity contribution in [1.29, 1.82) is 5.26 Å². The molecular weight excluding hydrogens is 284 g/mol. The maximum absolute atomic E-state index is 9.70. The lowest BCUT2D eigenvalue weighted by Crippen LogP contribution is -2.17. The number of halogens is 1. The van der Waals surface area contributed by atoms with E-state index in [2.05, 4.69) is 11.4 Å². The molecular formula is C17H15ClN2O. The second kappa shape index (κ2) is 5.67. The van der Waals surface area contributed by atoms with E-state index in [1.54, 1.807) is 18.2 Å². The van der Waals surface area contributed by atoms with Gasteiger partial charge in [-0.2, -0.15) is 5.26 Å². The van der Waals surface area contributed by atoms with Crippen LogP contribution in [0.5, 0.6) is 5.75 Å². The SMILES string of the molecule is N#Cc1ccc(NC2CCCc3ccc(O)cc32)cc1Cl. The van der Waals surface area contributed by atoms with Gasteiger partial charge in [-0.3, -0.25) is 0 Å². The highest BCUT2D eigenvalue weighted by Crippen LogP contribution is 2.35. The molecule has 0 fully saturated rings. The zero-order valence-corrected chi connectivity index (χ0v) is 12.2. The Bertz CT molecular complexity index is 721. The Balaban J connectivity index is 1.88. The van der Waals surface area contributed by atoms with Crippen LogP contribution < -0.4 is 5.32 Å². The molecule has 106 valence electrons. The molecule has 1 atom stereocenters. The number of hydrogen-bond donors (Lipinski definition) is 2. The van der Waals surface area contributed by atoms with Gasteiger partial charge in [-0.05, 0) is 60.7 Å². The zero-order chi connectivity index (χ0) is 14.8. The molecule has 3 nitrogen and oxygen atoms in total. The number of fused-ring (bicyclic) bond motifs is 1. The van der Waals surface area contributed by atoms with E-state index < -0.39 is 0 Å². The molecule has 2 N–H and O–H groups in total. The van der Waals surface area contributed by atoms with E-state index in [1.807, 2.05) is 18.2 Å². The third-order valence-corrected chi connectivity index (χ3v) is 4.19. The number of aromatic hydroxyl groups is 1. The molecule has 0 saturated heterocycles. The summed E-state index contributed by atoms with van der Waals surface area (Å²) in [4.78, 5) is 0. The number of phenolic OH excluding ortho intramolecular Hbond substituents is 1. The van der Waals surface area contributed by atoms with E-state index in [0.717, 1.165) is 30.5 Å². The van der Waals surface area contributed by atoms with Gasteiger partial charge in [-0.1, -0.05) is 17.7 Å². The highest BCUT2D eigenvalue weighted by Gasteiger charge is 2.20. The second-order valence-corrected chi connectivity index (χ2v) is 5.69. The van der Waals surface area contributed by atoms with Crippen molar-refractivity contribution in [2.75, 3.05) is 5.32 Å². The minimum atomic E-state index is 0.157. The minimum Gasteiger partial charge on any atom is -0.508 e. The third-order valence-electron chi connectivity index (χ3n) is 3.87. The van der Waals surface area contributed by atoms with Crippen LogP contribution in [0.1, 0.15) is 35.6 Å². The molecule has 0 aromatic heterocycles. The summed E-state index contributed by atoms with van der Waals surface area (Å²) in [5.74, 6) is 0.292. The topological polar surface area (TPSA) is 56.0 Å². The Kier molecular flexibility index (Phi) is 3.72. The molecule has 1 unspecified atom stereocenters. The average molecular weight is 299 g/mol. The van der Waals surface area contributed by atoms with Gasteiger partial charge in [-0.25, -0.2) is 0 Å². The standard InChI is InChI=1S/C17H15ClN2O/c18-16-8-13(6-4-12(16)10-19)20-17-3-1-2-11-5-7-14(21)9-15(11)17/h4-9,17,20-21H,1-3H2. The first-order valence-electron chi connectivity index (χ1n) is 6.95. The summed E-state index contributed by atoms with van der Waals surface area (Å²) in [5.41, 5.74) is 3.78. The number of hydrogen-bond acceptors (Lipinski definition) is 3. The molecule has 0 saturated carbocycles. The minimum absolute atomic E-state index is 0.157. The molecule has 1 aliphatic carbocycles. The zero-order valence-electron chi connectivity index (χ0n) is 11.4. The quantitative estimate of drug-likeness (QED) is 0.863. The van der Waals surface area contributed by atoms with Gasteiger partial charge >= 0.3 is 0 Å². The Morgan fingerprint density at radius 2 is 2.10 bits per heavy atom. The molecule has 2 aromatic carbocycles.